The molecule has 0 bridgehead atoms. The lowest BCUT2D eigenvalue weighted by atomic mass is 10.2. The lowest BCUT2D eigenvalue weighted by Gasteiger charge is -2.05. The van der Waals surface area contributed by atoms with Crippen molar-refractivity contribution >= 4 is 5.69 Å². The highest BCUT2D eigenvalue weighted by Crippen LogP contribution is 2.19. The SMILES string of the molecule is c1ccc(-n2ncc(CNc3cccc(-c4ncn[nH]4)c3)n2)cc1. The summed E-state index contributed by atoms with van der Waals surface area (Å²) in [4.78, 5) is 5.79. The number of hydrogen-bond donors (Lipinski definition) is 2. The van der Waals surface area contributed by atoms with Gasteiger partial charge in [0.25, 0.3) is 0 Å². The van der Waals surface area contributed by atoms with Crippen LogP contribution in [0.1, 0.15) is 5.69 Å². The van der Waals surface area contributed by atoms with Crippen LogP contribution in [0.3, 0.4) is 0 Å². The standard InChI is InChI=1S/C17H15N7/c1-2-7-16(8-3-1)24-21-11-15(23-24)10-18-14-6-4-5-13(9-14)17-19-12-20-22-17/h1-9,11-12,18H,10H2,(H,19,20,22). The van der Waals surface area contributed by atoms with Crippen LogP contribution in [0.4, 0.5) is 5.69 Å². The zero-order valence-electron chi connectivity index (χ0n) is 12.8. The molecule has 2 heterocycles. The molecule has 7 heteroatoms. The molecule has 0 atom stereocenters. The lowest BCUT2D eigenvalue weighted by molar-refractivity contribution is 0.740. The summed E-state index contributed by atoms with van der Waals surface area (Å²) in [5.74, 6) is 0.744. The van der Waals surface area contributed by atoms with Crippen molar-refractivity contribution in [2.24, 2.45) is 0 Å². The van der Waals surface area contributed by atoms with Crippen molar-refractivity contribution in [2.75, 3.05) is 5.32 Å². The van der Waals surface area contributed by atoms with E-state index in [1.165, 1.54) is 6.33 Å². The predicted octanol–water partition coefficient (Wildman–Crippen LogP) is 2.66. The van der Waals surface area contributed by atoms with E-state index in [-0.39, 0.29) is 0 Å². The first-order valence-electron chi connectivity index (χ1n) is 7.55. The van der Waals surface area contributed by atoms with Gasteiger partial charge in [0.2, 0.25) is 0 Å². The molecule has 0 aliphatic rings. The second kappa shape index (κ2) is 6.33. The second-order valence-corrected chi connectivity index (χ2v) is 5.23. The van der Waals surface area contributed by atoms with Gasteiger partial charge in [-0.05, 0) is 24.3 Å². The second-order valence-electron chi connectivity index (χ2n) is 5.23. The van der Waals surface area contributed by atoms with E-state index in [0.29, 0.717) is 6.54 Å². The fourth-order valence-electron chi connectivity index (χ4n) is 2.38. The molecule has 0 radical (unpaired) electrons. The van der Waals surface area contributed by atoms with Gasteiger partial charge < -0.3 is 5.32 Å². The van der Waals surface area contributed by atoms with Gasteiger partial charge in [-0.1, -0.05) is 30.3 Å². The summed E-state index contributed by atoms with van der Waals surface area (Å²) < 4.78 is 0. The highest BCUT2D eigenvalue weighted by molar-refractivity contribution is 5.61. The normalized spacial score (nSPS) is 10.7. The zero-order valence-corrected chi connectivity index (χ0v) is 12.8. The van der Waals surface area contributed by atoms with Crippen LogP contribution >= 0.6 is 0 Å². The van der Waals surface area contributed by atoms with Crippen molar-refractivity contribution in [1.82, 2.24) is 30.2 Å². The largest absolute Gasteiger partial charge is 0.379 e. The van der Waals surface area contributed by atoms with Crippen LogP contribution in [0.25, 0.3) is 17.1 Å². The van der Waals surface area contributed by atoms with Gasteiger partial charge in [-0.25, -0.2) is 4.98 Å². The smallest absolute Gasteiger partial charge is 0.155 e. The van der Waals surface area contributed by atoms with Gasteiger partial charge in [-0.2, -0.15) is 20.1 Å². The Morgan fingerprint density at radius 1 is 1.04 bits per heavy atom. The maximum atomic E-state index is 4.48. The first-order valence-corrected chi connectivity index (χ1v) is 7.55. The third-order valence-electron chi connectivity index (χ3n) is 3.55. The Morgan fingerprint density at radius 2 is 1.96 bits per heavy atom. The number of H-pyrrole nitrogens is 1. The van der Waals surface area contributed by atoms with Crippen LogP contribution in [0.5, 0.6) is 0 Å². The van der Waals surface area contributed by atoms with Gasteiger partial charge in [0.05, 0.1) is 18.4 Å². The number of rotatable bonds is 5. The summed E-state index contributed by atoms with van der Waals surface area (Å²) in [7, 11) is 0. The van der Waals surface area contributed by atoms with Gasteiger partial charge >= 0.3 is 0 Å². The number of aromatic nitrogens is 6. The predicted molar refractivity (Wildman–Crippen MR) is 90.5 cm³/mol. The maximum Gasteiger partial charge on any atom is 0.155 e. The van der Waals surface area contributed by atoms with E-state index in [0.717, 1.165) is 28.5 Å². The molecule has 2 N–H and O–H groups in total. The van der Waals surface area contributed by atoms with Gasteiger partial charge in [0, 0.05) is 11.3 Å². The van der Waals surface area contributed by atoms with E-state index in [1.54, 1.807) is 11.0 Å². The molecule has 0 saturated heterocycles. The first kappa shape index (κ1) is 14.1. The van der Waals surface area contributed by atoms with Crippen LogP contribution < -0.4 is 5.32 Å². The Balaban J connectivity index is 1.46. The van der Waals surface area contributed by atoms with E-state index in [1.807, 2.05) is 54.6 Å². The lowest BCUT2D eigenvalue weighted by Crippen LogP contribution is -2.02. The van der Waals surface area contributed by atoms with Crippen molar-refractivity contribution in [3.8, 4) is 17.1 Å². The topological polar surface area (TPSA) is 84.3 Å². The molecule has 7 nitrogen and oxygen atoms in total. The Hall–Kier alpha value is -3.48. The summed E-state index contributed by atoms with van der Waals surface area (Å²) in [5.41, 5.74) is 3.77. The van der Waals surface area contributed by atoms with Gasteiger partial charge in [0.15, 0.2) is 5.82 Å². The van der Waals surface area contributed by atoms with Gasteiger partial charge in [0.1, 0.15) is 12.0 Å². The van der Waals surface area contributed by atoms with Crippen LogP contribution in [-0.4, -0.2) is 30.2 Å². The third kappa shape index (κ3) is 3.00. The average Bonchev–Trinajstić information content (AvgIpc) is 3.33. The Bertz CT molecular complexity index is 913. The molecule has 4 rings (SSSR count). The number of para-hydroxylation sites is 1. The van der Waals surface area contributed by atoms with Crippen molar-refractivity contribution in [3.05, 3.63) is 72.8 Å². The highest BCUT2D eigenvalue weighted by atomic mass is 15.5. The summed E-state index contributed by atoms with van der Waals surface area (Å²) >= 11 is 0. The molecule has 2 aromatic carbocycles. The van der Waals surface area contributed by atoms with Crippen molar-refractivity contribution in [3.63, 3.8) is 0 Å². The molecule has 24 heavy (non-hydrogen) atoms. The molecular formula is C17H15N7. The quantitative estimate of drug-likeness (QED) is 0.591. The number of nitrogens with one attached hydrogen (secondary N) is 2. The maximum absolute atomic E-state index is 4.48. The summed E-state index contributed by atoms with van der Waals surface area (Å²) in [6.45, 7) is 0.590. The van der Waals surface area contributed by atoms with Crippen molar-refractivity contribution < 1.29 is 0 Å². The van der Waals surface area contributed by atoms with Crippen LogP contribution in [0, 0.1) is 0 Å². The van der Waals surface area contributed by atoms with Crippen molar-refractivity contribution in [2.45, 2.75) is 6.54 Å². The molecule has 0 amide bonds. The highest BCUT2D eigenvalue weighted by Gasteiger charge is 2.04. The molecule has 0 aliphatic carbocycles. The van der Waals surface area contributed by atoms with Crippen LogP contribution in [0.15, 0.2) is 67.1 Å². The summed E-state index contributed by atoms with van der Waals surface area (Å²) in [6.07, 6.45) is 3.26. The average molecular weight is 317 g/mol. The zero-order chi connectivity index (χ0) is 16.2. The fraction of sp³-hybridized carbons (Fsp3) is 0.0588. The van der Waals surface area contributed by atoms with Crippen LogP contribution in [-0.2, 0) is 6.54 Å². The number of aromatic amines is 1. The monoisotopic (exact) mass is 317 g/mol. The Kier molecular flexibility index (Phi) is 3.73. The van der Waals surface area contributed by atoms with E-state index in [9.17, 15) is 0 Å². The number of anilines is 1. The van der Waals surface area contributed by atoms with E-state index in [4.69, 9.17) is 0 Å². The first-order chi connectivity index (χ1) is 11.9. The van der Waals surface area contributed by atoms with Crippen LogP contribution in [0.2, 0.25) is 0 Å². The van der Waals surface area contributed by atoms with E-state index >= 15 is 0 Å². The minimum Gasteiger partial charge on any atom is -0.379 e. The molecule has 118 valence electrons. The van der Waals surface area contributed by atoms with Gasteiger partial charge in [-0.3, -0.25) is 5.10 Å². The third-order valence-corrected chi connectivity index (χ3v) is 3.55. The molecular weight excluding hydrogens is 302 g/mol. The molecule has 0 aliphatic heterocycles. The number of nitrogens with zero attached hydrogens (tertiary/aromatic N) is 5. The molecule has 0 unspecified atom stereocenters. The molecule has 0 fully saturated rings. The molecule has 2 aromatic heterocycles. The minimum atomic E-state index is 0.590. The summed E-state index contributed by atoms with van der Waals surface area (Å²) in [6, 6.07) is 17.8. The molecule has 0 spiro atoms. The number of benzene rings is 2. The Labute approximate surface area is 138 Å². The van der Waals surface area contributed by atoms with Crippen molar-refractivity contribution in [1.29, 1.82) is 0 Å². The van der Waals surface area contributed by atoms with Gasteiger partial charge in [-0.15, -0.1) is 0 Å². The fourth-order valence-corrected chi connectivity index (χ4v) is 2.38. The van der Waals surface area contributed by atoms with E-state index in [2.05, 4.69) is 30.7 Å². The Morgan fingerprint density at radius 3 is 2.79 bits per heavy atom. The minimum absolute atomic E-state index is 0.590. The molecule has 0 saturated carbocycles. The molecule has 4 aromatic rings. The van der Waals surface area contributed by atoms with E-state index < -0.39 is 0 Å². The number of hydrogen-bond acceptors (Lipinski definition) is 5. The summed E-state index contributed by atoms with van der Waals surface area (Å²) in [5, 5.41) is 18.9.